The molecule has 0 aromatic carbocycles. The molecule has 0 saturated heterocycles. The molecular weight excluding hydrogens is 194 g/mol. The number of allylic oxidation sites excluding steroid dienone is 1. The Morgan fingerprint density at radius 1 is 1.25 bits per heavy atom. The predicted molar refractivity (Wildman–Crippen MR) is 73.1 cm³/mol. The Morgan fingerprint density at radius 2 is 1.94 bits per heavy atom. The molecule has 0 saturated carbocycles. The van der Waals surface area contributed by atoms with Crippen molar-refractivity contribution in [2.24, 2.45) is 5.92 Å². The number of hydrogen-bond donors (Lipinski definition) is 0. The fourth-order valence-corrected chi connectivity index (χ4v) is 1.43. The summed E-state index contributed by atoms with van der Waals surface area (Å²) >= 11 is 0. The highest BCUT2D eigenvalue weighted by Crippen LogP contribution is 2.10. The van der Waals surface area contributed by atoms with Gasteiger partial charge >= 0.3 is 0 Å². The zero-order chi connectivity index (χ0) is 12.4. The van der Waals surface area contributed by atoms with Crippen LogP contribution in [0.25, 0.3) is 0 Å². The van der Waals surface area contributed by atoms with Crippen LogP contribution in [0.15, 0.2) is 12.3 Å². The first-order valence-corrected chi connectivity index (χ1v) is 6.45. The first kappa shape index (κ1) is 15.1. The summed E-state index contributed by atoms with van der Waals surface area (Å²) in [6, 6.07) is 0. The van der Waals surface area contributed by atoms with Gasteiger partial charge in [0.2, 0.25) is 0 Å². The molecule has 1 nitrogen and oxygen atoms in total. The largest absolute Gasteiger partial charge is 0.367 e. The van der Waals surface area contributed by atoms with Gasteiger partial charge in [-0.1, -0.05) is 58.5 Å². The zero-order valence-electron chi connectivity index (χ0n) is 11.5. The second-order valence-electron chi connectivity index (χ2n) is 4.71. The summed E-state index contributed by atoms with van der Waals surface area (Å²) in [5, 5.41) is 0. The lowest BCUT2D eigenvalue weighted by atomic mass is 10.1. The van der Waals surface area contributed by atoms with E-state index in [1.807, 2.05) is 0 Å². The van der Waals surface area contributed by atoms with E-state index < -0.39 is 0 Å². The van der Waals surface area contributed by atoms with Crippen molar-refractivity contribution in [2.45, 2.75) is 52.9 Å². The van der Waals surface area contributed by atoms with Gasteiger partial charge in [0, 0.05) is 18.7 Å². The van der Waals surface area contributed by atoms with Crippen LogP contribution in [0.4, 0.5) is 0 Å². The van der Waals surface area contributed by atoms with Crippen LogP contribution in [-0.4, -0.2) is 18.5 Å². The van der Waals surface area contributed by atoms with Gasteiger partial charge in [0.15, 0.2) is 0 Å². The van der Waals surface area contributed by atoms with Gasteiger partial charge in [0.05, 0.1) is 6.54 Å². The second-order valence-corrected chi connectivity index (χ2v) is 4.71. The van der Waals surface area contributed by atoms with Crippen molar-refractivity contribution >= 4 is 0 Å². The average molecular weight is 221 g/mol. The van der Waals surface area contributed by atoms with Crippen molar-refractivity contribution in [3.63, 3.8) is 0 Å². The molecule has 0 spiro atoms. The monoisotopic (exact) mass is 221 g/mol. The fraction of sp³-hybridized carbons (Fsp3) is 0.733. The fourth-order valence-electron chi connectivity index (χ4n) is 1.43. The molecule has 0 rings (SSSR count). The van der Waals surface area contributed by atoms with Crippen LogP contribution in [0, 0.1) is 17.8 Å². The minimum atomic E-state index is 0.464. The maximum absolute atomic E-state index is 4.11. The summed E-state index contributed by atoms with van der Waals surface area (Å²) in [6.45, 7) is 11.4. The standard InChI is InChI=1S/C15H27N/c1-6-7-8-9-12-15(4)16(5)13-10-11-14(2)3/h14H,4,6-9,12-13H2,1-3,5H3. The number of rotatable bonds is 7. The molecule has 0 unspecified atom stereocenters. The zero-order valence-corrected chi connectivity index (χ0v) is 11.5. The van der Waals surface area contributed by atoms with Crippen molar-refractivity contribution in [3.8, 4) is 11.8 Å². The molecule has 16 heavy (non-hydrogen) atoms. The molecule has 0 aromatic heterocycles. The van der Waals surface area contributed by atoms with Gasteiger partial charge in [-0.05, 0) is 12.8 Å². The maximum atomic E-state index is 4.11. The third-order valence-corrected chi connectivity index (χ3v) is 2.57. The third kappa shape index (κ3) is 8.41. The van der Waals surface area contributed by atoms with E-state index in [-0.39, 0.29) is 0 Å². The quantitative estimate of drug-likeness (QED) is 0.463. The molecule has 92 valence electrons. The minimum absolute atomic E-state index is 0.464. The van der Waals surface area contributed by atoms with E-state index in [1.54, 1.807) is 0 Å². The van der Waals surface area contributed by atoms with Gasteiger partial charge in [-0.2, -0.15) is 0 Å². The Hall–Kier alpha value is -0.900. The summed E-state index contributed by atoms with van der Waals surface area (Å²) < 4.78 is 0. The molecule has 1 heteroatoms. The van der Waals surface area contributed by atoms with E-state index in [9.17, 15) is 0 Å². The Bertz CT molecular complexity index is 242. The molecule has 0 aromatic rings. The lowest BCUT2D eigenvalue weighted by Gasteiger charge is -2.18. The highest BCUT2D eigenvalue weighted by Gasteiger charge is 1.99. The Kier molecular flexibility index (Phi) is 8.81. The topological polar surface area (TPSA) is 3.24 Å². The van der Waals surface area contributed by atoms with E-state index in [4.69, 9.17) is 0 Å². The number of hydrogen-bond acceptors (Lipinski definition) is 1. The van der Waals surface area contributed by atoms with Gasteiger partial charge in [-0.3, -0.25) is 0 Å². The summed E-state index contributed by atoms with van der Waals surface area (Å²) in [5.41, 5.74) is 1.22. The SMILES string of the molecule is C=C(CCCCCC)N(C)CC#CC(C)C. The van der Waals surface area contributed by atoms with E-state index >= 15 is 0 Å². The van der Waals surface area contributed by atoms with Gasteiger partial charge in [0.25, 0.3) is 0 Å². The first-order valence-electron chi connectivity index (χ1n) is 6.45. The summed E-state index contributed by atoms with van der Waals surface area (Å²) in [6.07, 6.45) is 6.32. The van der Waals surface area contributed by atoms with Crippen LogP contribution in [0.5, 0.6) is 0 Å². The van der Waals surface area contributed by atoms with Crippen molar-refractivity contribution in [1.82, 2.24) is 4.90 Å². The second kappa shape index (κ2) is 9.33. The van der Waals surface area contributed by atoms with Crippen molar-refractivity contribution in [2.75, 3.05) is 13.6 Å². The van der Waals surface area contributed by atoms with E-state index in [1.165, 1.54) is 31.4 Å². The van der Waals surface area contributed by atoms with Crippen molar-refractivity contribution < 1.29 is 0 Å². The predicted octanol–water partition coefficient (Wildman–Crippen LogP) is 4.06. The minimum Gasteiger partial charge on any atom is -0.367 e. The van der Waals surface area contributed by atoms with Gasteiger partial charge in [-0.15, -0.1) is 0 Å². The molecular formula is C15H27N. The van der Waals surface area contributed by atoms with Gasteiger partial charge in [0.1, 0.15) is 0 Å². The Morgan fingerprint density at radius 3 is 2.50 bits per heavy atom. The Balaban J connectivity index is 3.70. The molecule has 0 aliphatic rings. The van der Waals surface area contributed by atoms with Crippen LogP contribution in [0.1, 0.15) is 52.9 Å². The molecule has 0 radical (unpaired) electrons. The number of unbranched alkanes of at least 4 members (excludes halogenated alkanes) is 3. The maximum Gasteiger partial charge on any atom is 0.0788 e. The van der Waals surface area contributed by atoms with E-state index in [0.717, 1.165) is 13.0 Å². The third-order valence-electron chi connectivity index (χ3n) is 2.57. The smallest absolute Gasteiger partial charge is 0.0788 e. The highest BCUT2D eigenvalue weighted by atomic mass is 15.1. The molecule has 0 aliphatic carbocycles. The van der Waals surface area contributed by atoms with E-state index in [0.29, 0.717) is 5.92 Å². The van der Waals surface area contributed by atoms with Crippen LogP contribution < -0.4 is 0 Å². The van der Waals surface area contributed by atoms with E-state index in [2.05, 4.69) is 51.1 Å². The summed E-state index contributed by atoms with van der Waals surface area (Å²) in [7, 11) is 2.08. The number of nitrogens with zero attached hydrogens (tertiary/aromatic N) is 1. The van der Waals surface area contributed by atoms with Crippen LogP contribution in [-0.2, 0) is 0 Å². The van der Waals surface area contributed by atoms with Gasteiger partial charge in [-0.25, -0.2) is 0 Å². The van der Waals surface area contributed by atoms with Crippen LogP contribution >= 0.6 is 0 Å². The van der Waals surface area contributed by atoms with Crippen molar-refractivity contribution in [1.29, 1.82) is 0 Å². The van der Waals surface area contributed by atoms with Crippen molar-refractivity contribution in [3.05, 3.63) is 12.3 Å². The lowest BCUT2D eigenvalue weighted by Crippen LogP contribution is -2.17. The van der Waals surface area contributed by atoms with Gasteiger partial charge < -0.3 is 4.90 Å². The Labute approximate surface area is 102 Å². The molecule has 0 bridgehead atoms. The normalized spacial score (nSPS) is 9.81. The summed E-state index contributed by atoms with van der Waals surface area (Å²) in [5.74, 6) is 6.82. The lowest BCUT2D eigenvalue weighted by molar-refractivity contribution is 0.443. The average Bonchev–Trinajstić information content (AvgIpc) is 2.23. The highest BCUT2D eigenvalue weighted by molar-refractivity contribution is 5.06. The molecule has 0 aliphatic heterocycles. The molecule has 0 N–H and O–H groups in total. The van der Waals surface area contributed by atoms with Crippen LogP contribution in [0.2, 0.25) is 0 Å². The molecule has 0 atom stereocenters. The first-order chi connectivity index (χ1) is 7.57. The molecule has 0 fully saturated rings. The summed E-state index contributed by atoms with van der Waals surface area (Å²) in [4.78, 5) is 2.17. The van der Waals surface area contributed by atoms with Crippen LogP contribution in [0.3, 0.4) is 0 Å². The molecule has 0 amide bonds. The molecule has 0 heterocycles.